The first-order chi connectivity index (χ1) is 18.0. The Labute approximate surface area is 218 Å². The second-order valence-electron chi connectivity index (χ2n) is 11.9. The number of nitrogens with zero attached hydrogens (tertiary/aromatic N) is 5. The van der Waals surface area contributed by atoms with Crippen LogP contribution in [0.5, 0.6) is 0 Å². The number of rotatable bonds is 3. The van der Waals surface area contributed by atoms with Crippen LogP contribution in [-0.2, 0) is 10.3 Å². The van der Waals surface area contributed by atoms with Crippen molar-refractivity contribution in [2.24, 2.45) is 11.8 Å². The van der Waals surface area contributed by atoms with Gasteiger partial charge in [0.15, 0.2) is 17.1 Å². The second kappa shape index (κ2) is 8.45. The number of aryl methyl sites for hydroxylation is 1. The largest absolute Gasteiger partial charge is 0.370 e. The van der Waals surface area contributed by atoms with Gasteiger partial charge < -0.3 is 19.9 Å². The van der Waals surface area contributed by atoms with E-state index in [2.05, 4.69) is 36.3 Å². The number of carbonyl (C=O) groups is 1. The Morgan fingerprint density at radius 2 is 1.89 bits per heavy atom. The maximum absolute atomic E-state index is 12.9. The maximum Gasteiger partial charge on any atom is 0.318 e. The lowest BCUT2D eigenvalue weighted by atomic mass is 9.67. The molecule has 2 aromatic heterocycles. The number of aromatic nitrogens is 3. The Bertz CT molecular complexity index is 1290. The van der Waals surface area contributed by atoms with Crippen LogP contribution in [0.3, 0.4) is 0 Å². The normalized spacial score (nSPS) is 31.2. The van der Waals surface area contributed by atoms with Gasteiger partial charge in [0.05, 0.1) is 30.1 Å². The van der Waals surface area contributed by atoms with Gasteiger partial charge in [0, 0.05) is 25.6 Å². The van der Waals surface area contributed by atoms with E-state index in [0.29, 0.717) is 12.5 Å². The van der Waals surface area contributed by atoms with Crippen LogP contribution in [-0.4, -0.2) is 63.4 Å². The molecule has 0 radical (unpaired) electrons. The highest BCUT2D eigenvalue weighted by molar-refractivity contribution is 5.79. The lowest BCUT2D eigenvalue weighted by Crippen LogP contribution is -2.60. The van der Waals surface area contributed by atoms with E-state index in [-0.39, 0.29) is 17.6 Å². The summed E-state index contributed by atoms with van der Waals surface area (Å²) in [5.41, 5.74) is 2.67. The van der Waals surface area contributed by atoms with Gasteiger partial charge in [0.25, 0.3) is 0 Å². The predicted octanol–water partition coefficient (Wildman–Crippen LogP) is 4.13. The molecule has 1 spiro atoms. The minimum atomic E-state index is -0.557. The summed E-state index contributed by atoms with van der Waals surface area (Å²) in [5.74, 6) is 1.85. The molecule has 4 saturated heterocycles. The van der Waals surface area contributed by atoms with Crippen LogP contribution in [0.15, 0.2) is 48.7 Å². The van der Waals surface area contributed by atoms with Crippen molar-refractivity contribution >= 4 is 17.4 Å². The zero-order chi connectivity index (χ0) is 25.2. The number of hydrogen-bond donors (Lipinski definition) is 1. The third-order valence-corrected chi connectivity index (χ3v) is 9.23. The average molecular weight is 501 g/mol. The summed E-state index contributed by atoms with van der Waals surface area (Å²) in [6.45, 7) is 8.09. The van der Waals surface area contributed by atoms with Crippen molar-refractivity contribution in [2.45, 2.75) is 63.1 Å². The fraction of sp³-hybridized carbons (Fsp3) is 0.552. The van der Waals surface area contributed by atoms with Gasteiger partial charge in [0.2, 0.25) is 0 Å². The van der Waals surface area contributed by atoms with Crippen molar-refractivity contribution in [2.75, 3.05) is 31.1 Å². The molecule has 6 fully saturated rings. The number of pyridine rings is 1. The molecule has 9 rings (SSSR count). The Morgan fingerprint density at radius 1 is 1.14 bits per heavy atom. The lowest BCUT2D eigenvalue weighted by Gasteiger charge is -2.48. The van der Waals surface area contributed by atoms with E-state index in [4.69, 9.17) is 14.8 Å². The topological polar surface area (TPSA) is 75.0 Å². The molecule has 2 aliphatic carbocycles. The Balaban J connectivity index is 0.000000342. The van der Waals surface area contributed by atoms with E-state index in [1.807, 2.05) is 45.8 Å². The molecule has 2 bridgehead atoms. The standard InChI is InChI=1S/C23H30N6O2.C6H6/c1-14-4-7-27(10-14)17-8-15(2)19-24-20(26-29(19)11-17)23-9-16(12-31-23)18(23)28-13-22(5-3-6-22)25-21(28)30;1-2-4-6-5-3-1/h8,11,14,16,18H,3-7,9-10,12-13H2,1-2H3,(H,25,30);1-6H. The van der Waals surface area contributed by atoms with Gasteiger partial charge in [0.1, 0.15) is 0 Å². The van der Waals surface area contributed by atoms with Crippen molar-refractivity contribution < 1.29 is 9.53 Å². The molecule has 1 N–H and O–H groups in total. The van der Waals surface area contributed by atoms with E-state index in [1.54, 1.807) is 0 Å². The van der Waals surface area contributed by atoms with Gasteiger partial charge in [-0.2, -0.15) is 0 Å². The fourth-order valence-corrected chi connectivity index (χ4v) is 7.07. The zero-order valence-corrected chi connectivity index (χ0v) is 21.8. The van der Waals surface area contributed by atoms with E-state index >= 15 is 0 Å². The van der Waals surface area contributed by atoms with Crippen molar-refractivity contribution in [1.82, 2.24) is 24.8 Å². The zero-order valence-electron chi connectivity index (χ0n) is 21.8. The van der Waals surface area contributed by atoms with Crippen LogP contribution in [0.1, 0.15) is 50.4 Å². The summed E-state index contributed by atoms with van der Waals surface area (Å²) in [6, 6.07) is 14.3. The number of amides is 2. The van der Waals surface area contributed by atoms with Crippen molar-refractivity contribution in [3.05, 3.63) is 60.0 Å². The van der Waals surface area contributed by atoms with E-state index in [1.165, 1.54) is 18.5 Å². The number of carbonyl (C=O) groups excluding carboxylic acids is 1. The van der Waals surface area contributed by atoms with Crippen LogP contribution in [0.4, 0.5) is 10.5 Å². The molecule has 6 aliphatic rings. The van der Waals surface area contributed by atoms with Crippen LogP contribution in [0.25, 0.3) is 5.65 Å². The molecule has 6 heterocycles. The Hall–Kier alpha value is -3.13. The molecule has 2 saturated carbocycles. The van der Waals surface area contributed by atoms with Gasteiger partial charge in [-0.15, -0.1) is 5.10 Å². The van der Waals surface area contributed by atoms with Crippen molar-refractivity contribution in [3.63, 3.8) is 0 Å². The Kier molecular flexibility index (Phi) is 5.26. The SMILES string of the molecule is Cc1cc(N2CCC(C)C2)cn2nc(C34CC(CO3)C4N3CC4(CCC4)NC3=O)nc12.c1ccccc1. The number of benzene rings is 1. The maximum atomic E-state index is 12.9. The lowest BCUT2D eigenvalue weighted by molar-refractivity contribution is -0.0754. The molecule has 3 aromatic rings. The first-order valence-electron chi connectivity index (χ1n) is 13.8. The molecule has 4 atom stereocenters. The molecule has 1 aromatic carbocycles. The van der Waals surface area contributed by atoms with E-state index < -0.39 is 5.60 Å². The van der Waals surface area contributed by atoms with Gasteiger partial charge in [-0.1, -0.05) is 43.3 Å². The van der Waals surface area contributed by atoms with Gasteiger partial charge >= 0.3 is 6.03 Å². The highest BCUT2D eigenvalue weighted by Crippen LogP contribution is 2.58. The van der Waals surface area contributed by atoms with Gasteiger partial charge in [-0.3, -0.25) is 0 Å². The van der Waals surface area contributed by atoms with Crippen LogP contribution in [0, 0.1) is 18.8 Å². The summed E-state index contributed by atoms with van der Waals surface area (Å²) in [6.07, 6.45) is 7.63. The van der Waals surface area contributed by atoms with Crippen LogP contribution in [0.2, 0.25) is 0 Å². The highest BCUT2D eigenvalue weighted by Gasteiger charge is 2.68. The molecule has 8 nitrogen and oxygen atoms in total. The molecule has 8 heteroatoms. The number of ether oxygens (including phenoxy) is 1. The predicted molar refractivity (Wildman–Crippen MR) is 142 cm³/mol. The number of anilines is 1. The fourth-order valence-electron chi connectivity index (χ4n) is 7.07. The smallest absolute Gasteiger partial charge is 0.318 e. The average Bonchev–Trinajstić information content (AvgIpc) is 3.68. The third kappa shape index (κ3) is 3.63. The minimum absolute atomic E-state index is 0.00198. The van der Waals surface area contributed by atoms with Crippen LogP contribution >= 0.6 is 0 Å². The summed E-state index contributed by atoms with van der Waals surface area (Å²) in [7, 11) is 0. The van der Waals surface area contributed by atoms with Gasteiger partial charge in [-0.25, -0.2) is 14.3 Å². The number of nitrogens with one attached hydrogen (secondary N) is 1. The molecule has 4 aliphatic heterocycles. The first-order valence-corrected chi connectivity index (χ1v) is 13.8. The van der Waals surface area contributed by atoms with Crippen molar-refractivity contribution in [1.29, 1.82) is 0 Å². The van der Waals surface area contributed by atoms with E-state index in [0.717, 1.165) is 61.8 Å². The summed E-state index contributed by atoms with van der Waals surface area (Å²) >= 11 is 0. The molecule has 194 valence electrons. The summed E-state index contributed by atoms with van der Waals surface area (Å²) in [4.78, 5) is 22.3. The molecule has 37 heavy (non-hydrogen) atoms. The van der Waals surface area contributed by atoms with Crippen LogP contribution < -0.4 is 10.2 Å². The second-order valence-corrected chi connectivity index (χ2v) is 11.9. The molecular formula is C29H36N6O2. The first kappa shape index (κ1) is 23.0. The quantitative estimate of drug-likeness (QED) is 0.585. The van der Waals surface area contributed by atoms with Gasteiger partial charge in [-0.05, 0) is 56.6 Å². The third-order valence-electron chi connectivity index (χ3n) is 9.23. The number of fused-ring (bicyclic) bond motifs is 2. The Morgan fingerprint density at radius 3 is 2.49 bits per heavy atom. The number of urea groups is 1. The molecular weight excluding hydrogens is 464 g/mol. The van der Waals surface area contributed by atoms with E-state index in [9.17, 15) is 4.79 Å². The van der Waals surface area contributed by atoms with Crippen molar-refractivity contribution in [3.8, 4) is 0 Å². The summed E-state index contributed by atoms with van der Waals surface area (Å²) < 4.78 is 8.27. The molecule has 2 amide bonds. The monoisotopic (exact) mass is 500 g/mol. The minimum Gasteiger partial charge on any atom is -0.370 e. The highest BCUT2D eigenvalue weighted by atomic mass is 16.5. The number of hydrogen-bond acceptors (Lipinski definition) is 5. The molecule has 4 unspecified atom stereocenters. The summed E-state index contributed by atoms with van der Waals surface area (Å²) in [5, 5.41) is 8.19.